The summed E-state index contributed by atoms with van der Waals surface area (Å²) in [5.74, 6) is 1.87. The van der Waals surface area contributed by atoms with Crippen molar-refractivity contribution < 1.29 is 4.42 Å². The highest BCUT2D eigenvalue weighted by molar-refractivity contribution is 6.08. The molecule has 13 aromatic rings. The Bertz CT molecular complexity index is 4530. The van der Waals surface area contributed by atoms with Crippen molar-refractivity contribution >= 4 is 67.7 Å². The number of aromatic nitrogens is 3. The first-order chi connectivity index (χ1) is 40.2. The van der Waals surface area contributed by atoms with Crippen LogP contribution in [0, 0.1) is 0 Å². The van der Waals surface area contributed by atoms with Crippen molar-refractivity contribution in [2.75, 3.05) is 19.6 Å². The van der Waals surface area contributed by atoms with E-state index in [9.17, 15) is 0 Å². The van der Waals surface area contributed by atoms with Crippen molar-refractivity contribution in [1.82, 2.24) is 15.0 Å². The average Bonchev–Trinajstić information content (AvgIpc) is 3.35. The molecular weight excluding hydrogens is 991 g/mol. The largest absolute Gasteiger partial charge is 0.456 e. The molecule has 17 rings (SSSR count). The number of para-hydroxylation sites is 5. The zero-order valence-corrected chi connectivity index (χ0v) is 43.8. The molecule has 2 aromatic heterocycles. The summed E-state index contributed by atoms with van der Waals surface area (Å²) in [7, 11) is 0. The van der Waals surface area contributed by atoms with Gasteiger partial charge in [0.05, 0.1) is 29.9 Å². The minimum absolute atomic E-state index is 0.0598. The van der Waals surface area contributed by atoms with Gasteiger partial charge in [-0.2, -0.15) is 9.97 Å². The molecule has 0 saturated heterocycles. The van der Waals surface area contributed by atoms with E-state index in [1.807, 2.05) is 36.4 Å². The van der Waals surface area contributed by atoms with Gasteiger partial charge in [0.1, 0.15) is 11.2 Å². The molecule has 4 atom stereocenters. The molecule has 8 nitrogen and oxygen atoms in total. The van der Waals surface area contributed by atoms with E-state index in [4.69, 9.17) is 19.4 Å². The molecule has 11 aromatic carbocycles. The lowest BCUT2D eigenvalue weighted by atomic mass is 9.95. The van der Waals surface area contributed by atoms with Crippen molar-refractivity contribution in [3.05, 3.63) is 295 Å². The standard InChI is InChI=1S/C73H49N7O/c1-6-20-46(21-7-1)71-74-72(47-22-8-2-9-23-47)76-73(75-71)80-64-39-35-49(45-60(64)70-68(80)56-31-17-19-33-62(56)78(70)53-26-12-4-13-27-53)51-37-41-66-58(43-51)57-42-50(36-40-65(57)81-66)48-34-38-63-59(44-48)69-67(79(63)54-28-14-5-15-29-54)55-30-16-18-32-61(55)77(69)52-24-10-3-11-25-52/h1-45,67-70H. The molecule has 0 amide bonds. The highest BCUT2D eigenvalue weighted by Crippen LogP contribution is 2.64. The van der Waals surface area contributed by atoms with Crippen LogP contribution in [-0.2, 0) is 0 Å². The quantitative estimate of drug-likeness (QED) is 0.149. The molecule has 0 spiro atoms. The van der Waals surface area contributed by atoms with E-state index in [0.717, 1.165) is 61.1 Å². The Hall–Kier alpha value is -10.6. The van der Waals surface area contributed by atoms with Gasteiger partial charge < -0.3 is 24.0 Å². The molecule has 0 bridgehead atoms. The predicted octanol–water partition coefficient (Wildman–Crippen LogP) is 18.6. The minimum Gasteiger partial charge on any atom is -0.456 e. The summed E-state index contributed by atoms with van der Waals surface area (Å²) in [6.07, 6.45) is 0. The molecule has 4 aliphatic heterocycles. The Labute approximate surface area is 468 Å². The molecule has 6 heterocycles. The van der Waals surface area contributed by atoms with Gasteiger partial charge >= 0.3 is 0 Å². The Kier molecular flexibility index (Phi) is 10.1. The number of fused-ring (bicyclic) bond motifs is 13. The number of hydrogen-bond acceptors (Lipinski definition) is 8. The summed E-state index contributed by atoms with van der Waals surface area (Å²) in [4.78, 5) is 25.8. The van der Waals surface area contributed by atoms with Gasteiger partial charge in [0.15, 0.2) is 11.6 Å². The minimum atomic E-state index is -0.142. The van der Waals surface area contributed by atoms with Crippen LogP contribution in [0.3, 0.4) is 0 Å². The predicted molar refractivity (Wildman–Crippen MR) is 327 cm³/mol. The topological polar surface area (TPSA) is 64.8 Å². The van der Waals surface area contributed by atoms with Crippen molar-refractivity contribution in [2.24, 2.45) is 0 Å². The fourth-order valence-corrected chi connectivity index (χ4v) is 13.6. The van der Waals surface area contributed by atoms with Crippen molar-refractivity contribution in [2.45, 2.75) is 24.2 Å². The first kappa shape index (κ1) is 45.4. The first-order valence-corrected chi connectivity index (χ1v) is 27.8. The number of furan rings is 1. The van der Waals surface area contributed by atoms with Gasteiger partial charge in [-0.15, -0.1) is 0 Å². The summed E-state index contributed by atoms with van der Waals surface area (Å²) in [6.45, 7) is 0. The SMILES string of the molecule is c1ccc(-c2nc(-c3ccccc3)nc(N3c4ccc(-c5ccc6oc7ccc(-c8ccc9c(c8)C8C(c%10ccccc%10N8c8ccccc8)N9c8ccccc8)cc7c6c5)cc4C4C3c3ccccc3N4c3ccccc3)n2)cc1. The van der Waals surface area contributed by atoms with E-state index in [2.05, 4.69) is 256 Å². The van der Waals surface area contributed by atoms with Crippen LogP contribution >= 0.6 is 0 Å². The van der Waals surface area contributed by atoms with Gasteiger partial charge in [-0.05, 0) is 119 Å². The maximum atomic E-state index is 6.66. The maximum absolute atomic E-state index is 6.66. The summed E-state index contributed by atoms with van der Waals surface area (Å²) >= 11 is 0. The van der Waals surface area contributed by atoms with Crippen molar-refractivity contribution in [1.29, 1.82) is 0 Å². The Balaban J connectivity index is 0.795. The van der Waals surface area contributed by atoms with Crippen LogP contribution in [0.4, 0.5) is 45.8 Å². The lowest BCUT2D eigenvalue weighted by Crippen LogP contribution is -2.25. The third kappa shape index (κ3) is 7.06. The molecule has 81 heavy (non-hydrogen) atoms. The fraction of sp³-hybridized carbons (Fsp3) is 0.0548. The van der Waals surface area contributed by atoms with Crippen molar-refractivity contribution in [3.63, 3.8) is 0 Å². The number of benzene rings is 11. The Morgan fingerprint density at radius 1 is 0.259 bits per heavy atom. The second-order valence-corrected chi connectivity index (χ2v) is 21.5. The molecule has 8 heteroatoms. The molecular formula is C73H49N7O. The second-order valence-electron chi connectivity index (χ2n) is 21.5. The third-order valence-corrected chi connectivity index (χ3v) is 17.1. The molecule has 0 N–H and O–H groups in total. The van der Waals surface area contributed by atoms with Gasteiger partial charge in [0.2, 0.25) is 5.95 Å². The van der Waals surface area contributed by atoms with Crippen LogP contribution in [0.1, 0.15) is 46.4 Å². The monoisotopic (exact) mass is 1040 g/mol. The maximum Gasteiger partial charge on any atom is 0.234 e. The number of hydrogen-bond donors (Lipinski definition) is 0. The zero-order chi connectivity index (χ0) is 53.1. The number of nitrogens with zero attached hydrogens (tertiary/aromatic N) is 7. The number of anilines is 8. The van der Waals surface area contributed by atoms with Crippen LogP contribution in [0.25, 0.3) is 67.0 Å². The highest BCUT2D eigenvalue weighted by Gasteiger charge is 2.52. The molecule has 4 aliphatic rings. The molecule has 4 unspecified atom stereocenters. The Morgan fingerprint density at radius 2 is 0.593 bits per heavy atom. The lowest BCUT2D eigenvalue weighted by molar-refractivity contribution is 0.625. The zero-order valence-electron chi connectivity index (χ0n) is 43.8. The molecule has 0 radical (unpaired) electrons. The summed E-state index contributed by atoms with van der Waals surface area (Å²) in [6, 6.07) is 98.0. The van der Waals surface area contributed by atoms with E-state index >= 15 is 0 Å². The van der Waals surface area contributed by atoms with E-state index in [1.165, 1.54) is 56.3 Å². The van der Waals surface area contributed by atoms with E-state index in [-0.39, 0.29) is 24.2 Å². The third-order valence-electron chi connectivity index (χ3n) is 17.1. The molecule has 0 aliphatic carbocycles. The van der Waals surface area contributed by atoms with E-state index in [0.29, 0.717) is 17.6 Å². The van der Waals surface area contributed by atoms with Crippen LogP contribution in [-0.4, -0.2) is 15.0 Å². The van der Waals surface area contributed by atoms with Gasteiger partial charge in [-0.3, -0.25) is 0 Å². The average molecular weight is 1040 g/mol. The second kappa shape index (κ2) is 18.0. The van der Waals surface area contributed by atoms with Gasteiger partial charge in [-0.25, -0.2) is 4.98 Å². The first-order valence-electron chi connectivity index (χ1n) is 27.8. The number of rotatable bonds is 8. The van der Waals surface area contributed by atoms with Gasteiger partial charge in [0, 0.05) is 78.3 Å². The Morgan fingerprint density at radius 3 is 1.04 bits per heavy atom. The molecule has 0 fully saturated rings. The van der Waals surface area contributed by atoms with E-state index in [1.54, 1.807) is 0 Å². The highest BCUT2D eigenvalue weighted by atomic mass is 16.3. The summed E-state index contributed by atoms with van der Waals surface area (Å²) in [5.41, 5.74) is 21.4. The molecule has 382 valence electrons. The fourth-order valence-electron chi connectivity index (χ4n) is 13.6. The summed E-state index contributed by atoms with van der Waals surface area (Å²) in [5, 5.41) is 2.16. The van der Waals surface area contributed by atoms with Crippen LogP contribution in [0.5, 0.6) is 0 Å². The van der Waals surface area contributed by atoms with E-state index < -0.39 is 0 Å². The van der Waals surface area contributed by atoms with Crippen LogP contribution < -0.4 is 19.6 Å². The smallest absolute Gasteiger partial charge is 0.234 e. The summed E-state index contributed by atoms with van der Waals surface area (Å²) < 4.78 is 6.66. The van der Waals surface area contributed by atoms with Gasteiger partial charge in [0.25, 0.3) is 0 Å². The van der Waals surface area contributed by atoms with Gasteiger partial charge in [-0.1, -0.05) is 176 Å². The lowest BCUT2D eigenvalue weighted by Gasteiger charge is -2.29. The van der Waals surface area contributed by atoms with Crippen LogP contribution in [0.2, 0.25) is 0 Å². The van der Waals surface area contributed by atoms with Crippen LogP contribution in [0.15, 0.2) is 277 Å². The normalized spacial score (nSPS) is 17.3. The molecule has 0 saturated carbocycles. The van der Waals surface area contributed by atoms with Crippen molar-refractivity contribution in [3.8, 4) is 45.0 Å².